The predicted molar refractivity (Wildman–Crippen MR) is 84.0 cm³/mol. The molecule has 0 aliphatic rings. The van der Waals surface area contributed by atoms with Gasteiger partial charge >= 0.3 is 0 Å². The maximum absolute atomic E-state index is 3.68. The Balaban J connectivity index is 2.85. The van der Waals surface area contributed by atoms with Crippen molar-refractivity contribution in [2.24, 2.45) is 5.41 Å². The highest BCUT2D eigenvalue weighted by atomic mass is 79.9. The van der Waals surface area contributed by atoms with Crippen molar-refractivity contribution in [2.45, 2.75) is 46.0 Å². The number of hydrogen-bond acceptors (Lipinski definition) is 1. The van der Waals surface area contributed by atoms with E-state index in [2.05, 4.69) is 66.4 Å². The molecule has 0 radical (unpaired) electrons. The average molecular weight is 312 g/mol. The summed E-state index contributed by atoms with van der Waals surface area (Å²) in [5.41, 5.74) is 1.83. The highest BCUT2D eigenvalue weighted by Gasteiger charge is 2.27. The summed E-state index contributed by atoms with van der Waals surface area (Å²) in [6.07, 6.45) is 6.30. The molecular weight excluding hydrogens is 286 g/mol. The van der Waals surface area contributed by atoms with Gasteiger partial charge in [-0.05, 0) is 43.4 Å². The van der Waals surface area contributed by atoms with Crippen LogP contribution in [0.4, 0.5) is 0 Å². The van der Waals surface area contributed by atoms with Crippen molar-refractivity contribution < 1.29 is 0 Å². The van der Waals surface area contributed by atoms with Crippen LogP contribution in [-0.2, 0) is 6.42 Å². The third-order valence-electron chi connectivity index (χ3n) is 3.89. The van der Waals surface area contributed by atoms with Crippen LogP contribution in [0.2, 0.25) is 0 Å². The summed E-state index contributed by atoms with van der Waals surface area (Å²) in [6.45, 7) is 5.70. The van der Waals surface area contributed by atoms with E-state index >= 15 is 0 Å². The Morgan fingerprint density at radius 2 is 1.94 bits per heavy atom. The van der Waals surface area contributed by atoms with Gasteiger partial charge in [-0.25, -0.2) is 0 Å². The third-order valence-corrected chi connectivity index (χ3v) is 4.66. The second kappa shape index (κ2) is 7.96. The predicted octanol–water partition coefficient (Wildman–Crippen LogP) is 4.80. The molecule has 1 N–H and O–H groups in total. The molecule has 2 heteroatoms. The minimum absolute atomic E-state index is 0.397. The van der Waals surface area contributed by atoms with Crippen LogP contribution in [-0.4, -0.2) is 13.6 Å². The molecule has 0 bridgehead atoms. The number of benzene rings is 1. The zero-order chi connectivity index (χ0) is 13.4. The maximum Gasteiger partial charge on any atom is 0.0207 e. The van der Waals surface area contributed by atoms with Crippen LogP contribution in [0.1, 0.15) is 45.1 Å². The van der Waals surface area contributed by atoms with E-state index in [1.165, 1.54) is 35.7 Å². The molecule has 102 valence electrons. The van der Waals surface area contributed by atoms with Gasteiger partial charge in [0.25, 0.3) is 0 Å². The minimum Gasteiger partial charge on any atom is -0.319 e. The maximum atomic E-state index is 3.68. The molecule has 1 rings (SSSR count). The Morgan fingerprint density at radius 1 is 1.22 bits per heavy atom. The quantitative estimate of drug-likeness (QED) is 0.727. The monoisotopic (exact) mass is 311 g/mol. The number of halogens is 1. The first-order chi connectivity index (χ1) is 8.67. The standard InChI is InChI=1S/C16H26BrN/c1-4-6-11-16(5-2,13-18-3)12-14-9-7-8-10-15(14)17/h7-10,18H,4-6,11-13H2,1-3H3. The number of hydrogen-bond donors (Lipinski definition) is 1. The SMILES string of the molecule is CCCCC(CC)(CNC)Cc1ccccc1Br. The summed E-state index contributed by atoms with van der Waals surface area (Å²) < 4.78 is 1.25. The summed E-state index contributed by atoms with van der Waals surface area (Å²) in [5.74, 6) is 0. The Labute approximate surface area is 120 Å². The molecule has 0 fully saturated rings. The lowest BCUT2D eigenvalue weighted by molar-refractivity contribution is 0.234. The van der Waals surface area contributed by atoms with Crippen LogP contribution in [0.5, 0.6) is 0 Å². The Morgan fingerprint density at radius 3 is 2.50 bits per heavy atom. The van der Waals surface area contributed by atoms with Crippen LogP contribution in [0.3, 0.4) is 0 Å². The lowest BCUT2D eigenvalue weighted by Gasteiger charge is -2.33. The molecule has 1 unspecified atom stereocenters. The first-order valence-corrected chi connectivity index (χ1v) is 7.84. The van der Waals surface area contributed by atoms with E-state index in [-0.39, 0.29) is 0 Å². The van der Waals surface area contributed by atoms with Gasteiger partial charge in [0.2, 0.25) is 0 Å². The highest BCUT2D eigenvalue weighted by Crippen LogP contribution is 2.34. The first kappa shape index (κ1) is 15.7. The van der Waals surface area contributed by atoms with E-state index in [0.29, 0.717) is 5.41 Å². The lowest BCUT2D eigenvalue weighted by Crippen LogP contribution is -2.34. The largest absolute Gasteiger partial charge is 0.319 e. The summed E-state index contributed by atoms with van der Waals surface area (Å²) in [6, 6.07) is 8.62. The fourth-order valence-corrected chi connectivity index (χ4v) is 3.06. The van der Waals surface area contributed by atoms with Gasteiger partial charge < -0.3 is 5.32 Å². The van der Waals surface area contributed by atoms with Crippen molar-refractivity contribution in [3.63, 3.8) is 0 Å². The van der Waals surface area contributed by atoms with Crippen LogP contribution < -0.4 is 5.32 Å². The van der Waals surface area contributed by atoms with Crippen molar-refractivity contribution >= 4 is 15.9 Å². The molecular formula is C16H26BrN. The summed E-state index contributed by atoms with van der Waals surface area (Å²) in [4.78, 5) is 0. The molecule has 1 aromatic carbocycles. The van der Waals surface area contributed by atoms with E-state index in [4.69, 9.17) is 0 Å². The topological polar surface area (TPSA) is 12.0 Å². The first-order valence-electron chi connectivity index (χ1n) is 7.05. The minimum atomic E-state index is 0.397. The van der Waals surface area contributed by atoms with Crippen LogP contribution in [0.25, 0.3) is 0 Å². The molecule has 0 saturated carbocycles. The third kappa shape index (κ3) is 4.40. The normalized spacial score (nSPS) is 14.4. The van der Waals surface area contributed by atoms with Gasteiger partial charge in [0.15, 0.2) is 0 Å². The van der Waals surface area contributed by atoms with E-state index in [0.717, 1.165) is 13.0 Å². The van der Waals surface area contributed by atoms with E-state index in [1.54, 1.807) is 0 Å². The number of nitrogens with one attached hydrogen (secondary N) is 1. The molecule has 0 heterocycles. The van der Waals surface area contributed by atoms with E-state index in [9.17, 15) is 0 Å². The Hall–Kier alpha value is -0.340. The van der Waals surface area contributed by atoms with Crippen molar-refractivity contribution in [1.29, 1.82) is 0 Å². The molecule has 0 aliphatic carbocycles. The van der Waals surface area contributed by atoms with Gasteiger partial charge in [-0.15, -0.1) is 0 Å². The number of rotatable bonds is 8. The summed E-state index contributed by atoms with van der Waals surface area (Å²) in [7, 11) is 2.07. The molecule has 0 saturated heterocycles. The molecule has 1 nitrogen and oxygen atoms in total. The van der Waals surface area contributed by atoms with E-state index in [1.807, 2.05) is 0 Å². The molecule has 1 aromatic rings. The van der Waals surface area contributed by atoms with Crippen molar-refractivity contribution in [3.05, 3.63) is 34.3 Å². The van der Waals surface area contributed by atoms with Gasteiger partial charge in [-0.2, -0.15) is 0 Å². The van der Waals surface area contributed by atoms with E-state index < -0.39 is 0 Å². The zero-order valence-electron chi connectivity index (χ0n) is 11.9. The molecule has 0 aromatic heterocycles. The molecule has 18 heavy (non-hydrogen) atoms. The highest BCUT2D eigenvalue weighted by molar-refractivity contribution is 9.10. The summed E-state index contributed by atoms with van der Waals surface area (Å²) >= 11 is 3.68. The van der Waals surface area contributed by atoms with Crippen molar-refractivity contribution in [3.8, 4) is 0 Å². The smallest absolute Gasteiger partial charge is 0.0207 e. The van der Waals surface area contributed by atoms with Crippen molar-refractivity contribution in [2.75, 3.05) is 13.6 Å². The van der Waals surface area contributed by atoms with Crippen molar-refractivity contribution in [1.82, 2.24) is 5.32 Å². The fourth-order valence-electron chi connectivity index (χ4n) is 2.64. The molecule has 1 atom stereocenters. The Kier molecular flexibility index (Phi) is 6.95. The average Bonchev–Trinajstić information content (AvgIpc) is 2.39. The van der Waals surface area contributed by atoms with Gasteiger partial charge in [-0.1, -0.05) is 60.8 Å². The lowest BCUT2D eigenvalue weighted by atomic mass is 9.75. The zero-order valence-corrected chi connectivity index (χ0v) is 13.5. The van der Waals surface area contributed by atoms with Crippen LogP contribution >= 0.6 is 15.9 Å². The van der Waals surface area contributed by atoms with Crippen LogP contribution in [0.15, 0.2) is 28.7 Å². The second-order valence-electron chi connectivity index (χ2n) is 5.26. The van der Waals surface area contributed by atoms with Crippen LogP contribution in [0, 0.1) is 5.41 Å². The second-order valence-corrected chi connectivity index (χ2v) is 6.11. The van der Waals surface area contributed by atoms with Gasteiger partial charge in [0.1, 0.15) is 0 Å². The number of unbranched alkanes of at least 4 members (excludes halogenated alkanes) is 1. The summed E-state index contributed by atoms with van der Waals surface area (Å²) in [5, 5.41) is 3.39. The molecule has 0 aliphatic heterocycles. The molecule has 0 amide bonds. The fraction of sp³-hybridized carbons (Fsp3) is 0.625. The van der Waals surface area contributed by atoms with Gasteiger partial charge in [0.05, 0.1) is 0 Å². The van der Waals surface area contributed by atoms with Gasteiger partial charge in [0, 0.05) is 11.0 Å². The molecule has 0 spiro atoms. The Bertz CT molecular complexity index is 351. The van der Waals surface area contributed by atoms with Gasteiger partial charge in [-0.3, -0.25) is 0 Å².